The molecule has 4 rings (SSSR count). The molecule has 0 saturated carbocycles. The van der Waals surface area contributed by atoms with Crippen LogP contribution < -0.4 is 15.3 Å². The van der Waals surface area contributed by atoms with Gasteiger partial charge in [-0.25, -0.2) is 9.78 Å². The normalized spacial score (nSPS) is 11.4. The van der Waals surface area contributed by atoms with E-state index >= 15 is 0 Å². The van der Waals surface area contributed by atoms with Gasteiger partial charge in [0.15, 0.2) is 5.13 Å². The molecule has 160 valence electrons. The maximum atomic E-state index is 13.5. The van der Waals surface area contributed by atoms with Crippen molar-refractivity contribution < 1.29 is 13.9 Å². The van der Waals surface area contributed by atoms with Crippen LogP contribution in [0.4, 0.5) is 5.13 Å². The number of rotatable bonds is 7. The average molecular weight is 438 g/mol. The number of nitrogens with zero attached hydrogens (tertiary/aromatic N) is 3. The topological polar surface area (TPSA) is 75.9 Å². The number of amides is 1. The molecule has 0 saturated heterocycles. The van der Waals surface area contributed by atoms with Crippen LogP contribution in [0.1, 0.15) is 17.3 Å². The fraction of sp³-hybridized carbons (Fsp3) is 0.261. The Labute approximate surface area is 183 Å². The summed E-state index contributed by atoms with van der Waals surface area (Å²) in [7, 11) is 3.86. The third kappa shape index (κ3) is 4.30. The van der Waals surface area contributed by atoms with Crippen molar-refractivity contribution >= 4 is 43.6 Å². The second-order valence-electron chi connectivity index (χ2n) is 7.28. The average Bonchev–Trinajstić information content (AvgIpc) is 3.18. The molecule has 0 spiro atoms. The molecule has 0 atom stereocenters. The molecule has 0 fully saturated rings. The molecule has 0 radical (unpaired) electrons. The molecule has 8 heteroatoms. The number of thiazole rings is 1. The first-order chi connectivity index (χ1) is 15.0. The quantitative estimate of drug-likeness (QED) is 0.407. The molecular formula is C23H23N3O4S. The number of ether oxygens (including phenoxy) is 1. The Kier molecular flexibility index (Phi) is 6.01. The zero-order chi connectivity index (χ0) is 22.0. The van der Waals surface area contributed by atoms with Crippen molar-refractivity contribution in [1.29, 1.82) is 0 Å². The number of fused-ring (bicyclic) bond motifs is 2. The van der Waals surface area contributed by atoms with Crippen LogP contribution in [0.25, 0.3) is 21.2 Å². The first-order valence-electron chi connectivity index (χ1n) is 9.99. The molecule has 7 nitrogen and oxygen atoms in total. The standard InChI is InChI=1S/C23H23N3O4S/c1-4-29-18-10-7-11-19-20(18)24-23(31-19)26(13-12-25(2)3)21(27)16-14-15-8-5-6-9-17(15)30-22(16)28/h5-11,14H,4,12-13H2,1-3H3. The lowest BCUT2D eigenvalue weighted by molar-refractivity contribution is 0.0982. The zero-order valence-electron chi connectivity index (χ0n) is 17.6. The molecule has 0 aliphatic rings. The van der Waals surface area contributed by atoms with Crippen molar-refractivity contribution in [3.63, 3.8) is 0 Å². The van der Waals surface area contributed by atoms with Gasteiger partial charge in [0, 0.05) is 18.5 Å². The Hall–Kier alpha value is -3.23. The third-order valence-electron chi connectivity index (χ3n) is 4.79. The van der Waals surface area contributed by atoms with Crippen LogP contribution in [-0.4, -0.2) is 49.6 Å². The molecule has 2 heterocycles. The first-order valence-corrected chi connectivity index (χ1v) is 10.8. The minimum absolute atomic E-state index is 0.0123. The second kappa shape index (κ2) is 8.87. The predicted octanol–water partition coefficient (Wildman–Crippen LogP) is 4.01. The maximum Gasteiger partial charge on any atom is 0.349 e. The lowest BCUT2D eigenvalue weighted by Crippen LogP contribution is -2.38. The van der Waals surface area contributed by atoms with Crippen LogP contribution in [0.5, 0.6) is 5.75 Å². The highest BCUT2D eigenvalue weighted by molar-refractivity contribution is 7.22. The van der Waals surface area contributed by atoms with E-state index in [4.69, 9.17) is 14.1 Å². The summed E-state index contributed by atoms with van der Waals surface area (Å²) in [6.45, 7) is 3.42. The van der Waals surface area contributed by atoms with E-state index in [2.05, 4.69) is 0 Å². The van der Waals surface area contributed by atoms with Gasteiger partial charge in [0.2, 0.25) is 0 Å². The van der Waals surface area contributed by atoms with Crippen LogP contribution in [0.3, 0.4) is 0 Å². The summed E-state index contributed by atoms with van der Waals surface area (Å²) in [5.41, 5.74) is 0.485. The molecule has 0 unspecified atom stereocenters. The van der Waals surface area contributed by atoms with E-state index in [-0.39, 0.29) is 5.56 Å². The monoisotopic (exact) mass is 437 g/mol. The highest BCUT2D eigenvalue weighted by atomic mass is 32.1. The van der Waals surface area contributed by atoms with E-state index in [9.17, 15) is 9.59 Å². The number of hydrogen-bond acceptors (Lipinski definition) is 7. The first kappa shape index (κ1) is 21.0. The van der Waals surface area contributed by atoms with Gasteiger partial charge in [0.25, 0.3) is 5.91 Å². The maximum absolute atomic E-state index is 13.5. The van der Waals surface area contributed by atoms with Crippen molar-refractivity contribution in [3.8, 4) is 5.75 Å². The van der Waals surface area contributed by atoms with Gasteiger partial charge in [0.1, 0.15) is 22.4 Å². The minimum Gasteiger partial charge on any atom is -0.492 e. The highest BCUT2D eigenvalue weighted by Gasteiger charge is 2.25. The van der Waals surface area contributed by atoms with E-state index in [0.29, 0.717) is 47.1 Å². The van der Waals surface area contributed by atoms with Crippen molar-refractivity contribution in [3.05, 3.63) is 64.5 Å². The van der Waals surface area contributed by atoms with E-state index in [0.717, 1.165) is 4.70 Å². The number of anilines is 1. The van der Waals surface area contributed by atoms with Gasteiger partial charge < -0.3 is 14.1 Å². The van der Waals surface area contributed by atoms with E-state index in [1.807, 2.05) is 56.3 Å². The molecular weight excluding hydrogens is 414 g/mol. The SMILES string of the molecule is CCOc1cccc2sc(N(CCN(C)C)C(=O)c3cc4ccccc4oc3=O)nc12. The third-order valence-corrected chi connectivity index (χ3v) is 5.83. The van der Waals surface area contributed by atoms with Gasteiger partial charge in [-0.15, -0.1) is 0 Å². The lowest BCUT2D eigenvalue weighted by atomic mass is 10.1. The molecule has 0 aliphatic heterocycles. The summed E-state index contributed by atoms with van der Waals surface area (Å²) in [5.74, 6) is 0.242. The van der Waals surface area contributed by atoms with Gasteiger partial charge >= 0.3 is 5.63 Å². The summed E-state index contributed by atoms with van der Waals surface area (Å²) in [5, 5.41) is 1.21. The van der Waals surface area contributed by atoms with Gasteiger partial charge in [-0.05, 0) is 45.3 Å². The van der Waals surface area contributed by atoms with Crippen molar-refractivity contribution in [1.82, 2.24) is 9.88 Å². The summed E-state index contributed by atoms with van der Waals surface area (Å²) >= 11 is 1.39. The van der Waals surface area contributed by atoms with Gasteiger partial charge in [0.05, 0.1) is 11.3 Å². The molecule has 1 amide bonds. The lowest BCUT2D eigenvalue weighted by Gasteiger charge is -2.21. The smallest absolute Gasteiger partial charge is 0.349 e. The zero-order valence-corrected chi connectivity index (χ0v) is 18.4. The number of aromatic nitrogens is 1. The molecule has 4 aromatic rings. The van der Waals surface area contributed by atoms with Crippen LogP contribution in [0.2, 0.25) is 0 Å². The second-order valence-corrected chi connectivity index (χ2v) is 8.29. The number of likely N-dealkylation sites (N-methyl/N-ethyl adjacent to an activating group) is 1. The molecule has 2 aromatic heterocycles. The Balaban J connectivity index is 1.79. The van der Waals surface area contributed by atoms with Crippen LogP contribution >= 0.6 is 11.3 Å². The summed E-state index contributed by atoms with van der Waals surface area (Å²) in [6.07, 6.45) is 0. The summed E-state index contributed by atoms with van der Waals surface area (Å²) in [4.78, 5) is 34.3. The van der Waals surface area contributed by atoms with Crippen LogP contribution in [0, 0.1) is 0 Å². The predicted molar refractivity (Wildman–Crippen MR) is 124 cm³/mol. The molecule has 2 aromatic carbocycles. The fourth-order valence-corrected chi connectivity index (χ4v) is 4.25. The largest absolute Gasteiger partial charge is 0.492 e. The van der Waals surface area contributed by atoms with Crippen molar-refractivity contribution in [2.45, 2.75) is 6.92 Å². The molecule has 0 aliphatic carbocycles. The summed E-state index contributed by atoms with van der Waals surface area (Å²) in [6, 6.07) is 14.4. The van der Waals surface area contributed by atoms with E-state index in [1.165, 1.54) is 11.3 Å². The molecule has 0 bridgehead atoms. The number of hydrogen-bond donors (Lipinski definition) is 0. The number of carbonyl (C=O) groups excluding carboxylic acids is 1. The van der Waals surface area contributed by atoms with Crippen LogP contribution in [-0.2, 0) is 0 Å². The van der Waals surface area contributed by atoms with E-state index < -0.39 is 11.5 Å². The van der Waals surface area contributed by atoms with Crippen molar-refractivity contribution in [2.75, 3.05) is 38.7 Å². The Morgan fingerprint density at radius 2 is 1.94 bits per heavy atom. The van der Waals surface area contributed by atoms with Gasteiger partial charge in [-0.2, -0.15) is 0 Å². The highest BCUT2D eigenvalue weighted by Crippen LogP contribution is 2.34. The van der Waals surface area contributed by atoms with Crippen LogP contribution in [0.15, 0.2) is 57.7 Å². The van der Waals surface area contributed by atoms with Crippen molar-refractivity contribution in [2.24, 2.45) is 0 Å². The Morgan fingerprint density at radius 3 is 2.71 bits per heavy atom. The Morgan fingerprint density at radius 1 is 1.13 bits per heavy atom. The molecule has 0 N–H and O–H groups in total. The van der Waals surface area contributed by atoms with Gasteiger partial charge in [-0.1, -0.05) is 35.6 Å². The van der Waals surface area contributed by atoms with E-state index in [1.54, 1.807) is 23.1 Å². The molecule has 31 heavy (non-hydrogen) atoms. The number of carbonyl (C=O) groups is 1. The fourth-order valence-electron chi connectivity index (χ4n) is 3.24. The Bertz CT molecular complexity index is 1290. The number of para-hydroxylation sites is 2. The summed E-state index contributed by atoms with van der Waals surface area (Å²) < 4.78 is 12.0. The number of benzene rings is 2. The van der Waals surface area contributed by atoms with Gasteiger partial charge in [-0.3, -0.25) is 9.69 Å². The minimum atomic E-state index is -0.658.